The molecular formula is C47H27N5S. The average molecular weight is 694 g/mol. The molecule has 0 N–H and O–H groups in total. The maximum absolute atomic E-state index is 9.49. The van der Waals surface area contributed by atoms with Crippen LogP contribution < -0.4 is 0 Å². The van der Waals surface area contributed by atoms with Crippen molar-refractivity contribution in [3.8, 4) is 62.5 Å². The molecule has 0 fully saturated rings. The lowest BCUT2D eigenvalue weighted by Gasteiger charge is -2.14. The zero-order chi connectivity index (χ0) is 35.3. The van der Waals surface area contributed by atoms with Gasteiger partial charge in [0.15, 0.2) is 17.5 Å². The maximum Gasteiger partial charge on any atom is 0.164 e. The number of aromatic nitrogens is 4. The Morgan fingerprint density at radius 1 is 0.434 bits per heavy atom. The SMILES string of the molecule is N#Cc1ccc2c(c1)sc1cc(-c3cc(-c4cccnc4)cc(-c4nc(-c5ccccc5)nc(-c5cc6ccccc6c6ccccc56)n4)c3)ccc12. The molecule has 6 heteroatoms. The van der Waals surface area contributed by atoms with E-state index in [2.05, 4.69) is 114 Å². The Hall–Kier alpha value is -7.07. The largest absolute Gasteiger partial charge is 0.264 e. The number of rotatable bonds is 5. The van der Waals surface area contributed by atoms with Crippen LogP contribution in [-0.2, 0) is 0 Å². The van der Waals surface area contributed by atoms with Gasteiger partial charge in [0.1, 0.15) is 0 Å². The van der Waals surface area contributed by atoms with E-state index in [1.165, 1.54) is 10.8 Å². The summed E-state index contributed by atoms with van der Waals surface area (Å²) in [6.45, 7) is 0. The first-order valence-electron chi connectivity index (χ1n) is 17.3. The predicted octanol–water partition coefficient (Wildman–Crippen LogP) is 12.1. The predicted molar refractivity (Wildman–Crippen MR) is 217 cm³/mol. The van der Waals surface area contributed by atoms with Crippen LogP contribution in [0.15, 0.2) is 164 Å². The molecule has 0 bridgehead atoms. The number of nitriles is 1. The fourth-order valence-electron chi connectivity index (χ4n) is 7.23. The van der Waals surface area contributed by atoms with Crippen LogP contribution in [0.2, 0.25) is 0 Å². The van der Waals surface area contributed by atoms with Crippen LogP contribution in [-0.4, -0.2) is 19.9 Å². The quantitative estimate of drug-likeness (QED) is 0.168. The van der Waals surface area contributed by atoms with Gasteiger partial charge in [-0.25, -0.2) is 15.0 Å². The van der Waals surface area contributed by atoms with Crippen molar-refractivity contribution in [3.63, 3.8) is 0 Å². The van der Waals surface area contributed by atoms with Gasteiger partial charge >= 0.3 is 0 Å². The fourth-order valence-corrected chi connectivity index (χ4v) is 8.42. The number of thiophene rings is 1. The van der Waals surface area contributed by atoms with Crippen LogP contribution in [0, 0.1) is 11.3 Å². The van der Waals surface area contributed by atoms with E-state index in [-0.39, 0.29) is 0 Å². The van der Waals surface area contributed by atoms with Crippen LogP contribution in [0.3, 0.4) is 0 Å². The Kier molecular flexibility index (Phi) is 7.31. The minimum absolute atomic E-state index is 0.588. The standard InChI is InChI=1S/C47H27N5S/c48-27-29-16-18-40-41-19-17-31(26-44(41)53-43(40)21-29)34-22-35(33-12-8-20-49-28-33)24-36(23-34)46-50-45(30-9-2-1-3-10-30)51-47(52-46)42-25-32-11-4-5-13-37(32)38-14-6-7-15-39(38)42/h1-26,28H. The molecule has 0 saturated heterocycles. The van der Waals surface area contributed by atoms with E-state index in [9.17, 15) is 5.26 Å². The Morgan fingerprint density at radius 2 is 1.08 bits per heavy atom. The van der Waals surface area contributed by atoms with Crippen LogP contribution in [0.5, 0.6) is 0 Å². The molecule has 0 radical (unpaired) electrons. The van der Waals surface area contributed by atoms with Crippen molar-refractivity contribution in [1.29, 1.82) is 5.26 Å². The van der Waals surface area contributed by atoms with E-state index >= 15 is 0 Å². The lowest BCUT2D eigenvalue weighted by molar-refractivity contribution is 1.08. The average Bonchev–Trinajstić information content (AvgIpc) is 3.61. The first-order chi connectivity index (χ1) is 26.2. The van der Waals surface area contributed by atoms with Crippen molar-refractivity contribution < 1.29 is 0 Å². The minimum atomic E-state index is 0.588. The van der Waals surface area contributed by atoms with Crippen LogP contribution >= 0.6 is 11.3 Å². The third-order valence-corrected chi connectivity index (χ3v) is 10.9. The molecule has 0 aliphatic carbocycles. The van der Waals surface area contributed by atoms with E-state index in [0.29, 0.717) is 23.0 Å². The summed E-state index contributed by atoms with van der Waals surface area (Å²) in [5.41, 5.74) is 7.55. The normalized spacial score (nSPS) is 11.4. The molecule has 3 aromatic heterocycles. The number of nitrogens with zero attached hydrogens (tertiary/aromatic N) is 5. The summed E-state index contributed by atoms with van der Waals surface area (Å²) in [5.74, 6) is 1.82. The van der Waals surface area contributed by atoms with E-state index in [4.69, 9.17) is 15.0 Å². The summed E-state index contributed by atoms with van der Waals surface area (Å²) in [6.07, 6.45) is 3.68. The van der Waals surface area contributed by atoms with Crippen LogP contribution in [0.25, 0.3) is 98.1 Å². The lowest BCUT2D eigenvalue weighted by atomic mass is 9.95. The van der Waals surface area contributed by atoms with E-state index in [1.54, 1.807) is 17.5 Å². The Morgan fingerprint density at radius 3 is 1.87 bits per heavy atom. The van der Waals surface area contributed by atoms with Gasteiger partial charge in [-0.1, -0.05) is 103 Å². The van der Waals surface area contributed by atoms with Crippen molar-refractivity contribution in [1.82, 2.24) is 19.9 Å². The van der Waals surface area contributed by atoms with Gasteiger partial charge in [-0.3, -0.25) is 4.98 Å². The van der Waals surface area contributed by atoms with Crippen molar-refractivity contribution in [2.24, 2.45) is 0 Å². The summed E-state index contributed by atoms with van der Waals surface area (Å²) in [5, 5.41) is 16.4. The van der Waals surface area contributed by atoms with Gasteiger partial charge in [0.05, 0.1) is 11.6 Å². The second-order valence-corrected chi connectivity index (χ2v) is 14.1. The van der Waals surface area contributed by atoms with Gasteiger partial charge in [-0.2, -0.15) is 5.26 Å². The Balaban J connectivity index is 1.21. The second-order valence-electron chi connectivity index (χ2n) is 13.0. The van der Waals surface area contributed by atoms with Crippen molar-refractivity contribution in [3.05, 3.63) is 170 Å². The third kappa shape index (κ3) is 5.48. The van der Waals surface area contributed by atoms with Crippen LogP contribution in [0.4, 0.5) is 0 Å². The molecule has 53 heavy (non-hydrogen) atoms. The third-order valence-electron chi connectivity index (χ3n) is 9.80. The molecule has 3 heterocycles. The zero-order valence-electron chi connectivity index (χ0n) is 28.2. The molecule has 5 nitrogen and oxygen atoms in total. The smallest absolute Gasteiger partial charge is 0.164 e. The highest BCUT2D eigenvalue weighted by molar-refractivity contribution is 7.25. The number of hydrogen-bond acceptors (Lipinski definition) is 6. The number of pyridine rings is 1. The molecule has 0 atom stereocenters. The fraction of sp³-hybridized carbons (Fsp3) is 0. The molecule has 10 aromatic rings. The summed E-state index contributed by atoms with van der Waals surface area (Å²) in [4.78, 5) is 20.0. The first kappa shape index (κ1) is 30.7. The highest BCUT2D eigenvalue weighted by Gasteiger charge is 2.18. The molecule has 0 amide bonds. The second kappa shape index (κ2) is 12.6. The summed E-state index contributed by atoms with van der Waals surface area (Å²) in [7, 11) is 0. The Bertz CT molecular complexity index is 3070. The van der Waals surface area contributed by atoms with Gasteiger partial charge in [0.25, 0.3) is 0 Å². The minimum Gasteiger partial charge on any atom is -0.264 e. The zero-order valence-corrected chi connectivity index (χ0v) is 29.0. The maximum atomic E-state index is 9.49. The molecule has 0 aliphatic rings. The van der Waals surface area contributed by atoms with Crippen molar-refractivity contribution >= 4 is 53.1 Å². The molecule has 0 aliphatic heterocycles. The first-order valence-corrected chi connectivity index (χ1v) is 18.2. The monoisotopic (exact) mass is 693 g/mol. The van der Waals surface area contributed by atoms with Gasteiger partial charge < -0.3 is 0 Å². The molecule has 246 valence electrons. The Labute approximate surface area is 309 Å². The highest BCUT2D eigenvalue weighted by atomic mass is 32.1. The van der Waals surface area contributed by atoms with Gasteiger partial charge in [-0.05, 0) is 86.8 Å². The van der Waals surface area contributed by atoms with Gasteiger partial charge in [0, 0.05) is 54.8 Å². The molecule has 7 aromatic carbocycles. The van der Waals surface area contributed by atoms with Crippen molar-refractivity contribution in [2.75, 3.05) is 0 Å². The van der Waals surface area contributed by atoms with Gasteiger partial charge in [-0.15, -0.1) is 11.3 Å². The summed E-state index contributed by atoms with van der Waals surface area (Å²) >= 11 is 1.71. The molecule has 0 saturated carbocycles. The lowest BCUT2D eigenvalue weighted by Crippen LogP contribution is -2.01. The van der Waals surface area contributed by atoms with E-state index < -0.39 is 0 Å². The topological polar surface area (TPSA) is 75.3 Å². The number of fused-ring (bicyclic) bond motifs is 6. The van der Waals surface area contributed by atoms with Crippen molar-refractivity contribution in [2.45, 2.75) is 0 Å². The molecule has 10 rings (SSSR count). The molecule has 0 unspecified atom stereocenters. The van der Waals surface area contributed by atoms with E-state index in [0.717, 1.165) is 69.9 Å². The number of hydrogen-bond donors (Lipinski definition) is 0. The summed E-state index contributed by atoms with van der Waals surface area (Å²) in [6, 6.07) is 54.6. The van der Waals surface area contributed by atoms with E-state index in [1.807, 2.05) is 54.7 Å². The molecule has 0 spiro atoms. The number of benzene rings is 7. The van der Waals surface area contributed by atoms with Gasteiger partial charge in [0.2, 0.25) is 0 Å². The highest BCUT2D eigenvalue weighted by Crippen LogP contribution is 2.40. The molecular weight excluding hydrogens is 667 g/mol. The van der Waals surface area contributed by atoms with Crippen LogP contribution in [0.1, 0.15) is 5.56 Å². The summed E-state index contributed by atoms with van der Waals surface area (Å²) < 4.78 is 2.27.